The van der Waals surface area contributed by atoms with Gasteiger partial charge in [-0.3, -0.25) is 4.98 Å². The number of nitrogens with zero attached hydrogens (tertiary/aromatic N) is 3. The Morgan fingerprint density at radius 1 is 0.657 bits per heavy atom. The summed E-state index contributed by atoms with van der Waals surface area (Å²) in [6, 6.07) is 18.7. The smallest absolute Gasteiger partial charge is 0.243 e. The number of pyridine rings is 1. The van der Waals surface area contributed by atoms with Gasteiger partial charge in [0.2, 0.25) is 20.0 Å². The molecule has 0 aliphatic carbocycles. The quantitative estimate of drug-likeness (QED) is 0.530. The minimum absolute atomic E-state index is 0.0537. The van der Waals surface area contributed by atoms with E-state index in [-0.39, 0.29) is 49.2 Å². The van der Waals surface area contributed by atoms with E-state index in [0.717, 1.165) is 11.1 Å². The Morgan fingerprint density at radius 3 is 1.46 bits per heavy atom. The number of rotatable bonds is 4. The summed E-state index contributed by atoms with van der Waals surface area (Å²) < 4.78 is 61.7. The van der Waals surface area contributed by atoms with Crippen molar-refractivity contribution in [1.29, 1.82) is 0 Å². The van der Waals surface area contributed by atoms with Gasteiger partial charge < -0.3 is 4.74 Å². The highest BCUT2D eigenvalue weighted by Gasteiger charge is 2.28. The van der Waals surface area contributed by atoms with Crippen molar-refractivity contribution in [2.45, 2.75) is 36.7 Å². The van der Waals surface area contributed by atoms with Crippen LogP contribution in [-0.4, -0.2) is 56.7 Å². The van der Waals surface area contributed by atoms with E-state index < -0.39 is 20.0 Å². The van der Waals surface area contributed by atoms with Crippen LogP contribution < -0.4 is 0 Å². The first-order valence-corrected chi connectivity index (χ1v) is 14.2. The predicted octanol–water partition coefficient (Wildman–Crippen LogP) is 3.11. The number of hydrogen-bond donors (Lipinski definition) is 0. The summed E-state index contributed by atoms with van der Waals surface area (Å²) in [5.41, 5.74) is 3.01. The van der Waals surface area contributed by atoms with Crippen LogP contribution in [0, 0.1) is 13.8 Å². The van der Waals surface area contributed by atoms with Gasteiger partial charge in [-0.15, -0.1) is 0 Å². The number of aromatic nitrogens is 1. The first-order chi connectivity index (χ1) is 16.7. The van der Waals surface area contributed by atoms with Crippen molar-refractivity contribution in [3.8, 4) is 0 Å². The lowest BCUT2D eigenvalue weighted by Gasteiger charge is -2.25. The standard InChI is InChI=1S/C25H29N3O5S2/c1-20-6-10-24(11-7-20)34(29,30)27-14-16-33-17-15-28(19-23-5-3-4-22(18-27)26-23)35(31,32)25-12-8-21(2)9-13-25/h3-13H,14-19H2,1-2H3. The molecule has 0 saturated carbocycles. The average molecular weight is 516 g/mol. The largest absolute Gasteiger partial charge is 0.379 e. The van der Waals surface area contributed by atoms with Crippen molar-refractivity contribution >= 4 is 20.0 Å². The van der Waals surface area contributed by atoms with Crippen LogP contribution >= 0.6 is 0 Å². The number of benzene rings is 2. The zero-order valence-electron chi connectivity index (χ0n) is 19.8. The van der Waals surface area contributed by atoms with Crippen LogP contribution in [0.2, 0.25) is 0 Å². The van der Waals surface area contributed by atoms with E-state index in [1.54, 1.807) is 66.7 Å². The van der Waals surface area contributed by atoms with Crippen LogP contribution in [0.3, 0.4) is 0 Å². The lowest BCUT2D eigenvalue weighted by atomic mass is 10.2. The number of ether oxygens (including phenoxy) is 1. The normalized spacial score (nSPS) is 16.9. The maximum atomic E-state index is 13.3. The molecule has 0 atom stereocenters. The van der Waals surface area contributed by atoms with Crippen molar-refractivity contribution in [1.82, 2.24) is 13.6 Å². The molecule has 0 unspecified atom stereocenters. The minimum Gasteiger partial charge on any atom is -0.379 e. The Balaban J connectivity index is 1.63. The highest BCUT2D eigenvalue weighted by molar-refractivity contribution is 7.89. The van der Waals surface area contributed by atoms with E-state index in [2.05, 4.69) is 4.98 Å². The van der Waals surface area contributed by atoms with Crippen molar-refractivity contribution in [3.05, 3.63) is 89.2 Å². The second-order valence-electron chi connectivity index (χ2n) is 8.54. The van der Waals surface area contributed by atoms with E-state index >= 15 is 0 Å². The Bertz CT molecular complexity index is 1270. The summed E-state index contributed by atoms with van der Waals surface area (Å²) >= 11 is 0. The molecule has 0 spiro atoms. The third-order valence-corrected chi connectivity index (χ3v) is 9.55. The monoisotopic (exact) mass is 515 g/mol. The molecule has 0 amide bonds. The molecule has 8 nitrogen and oxygen atoms in total. The van der Waals surface area contributed by atoms with Gasteiger partial charge in [-0.2, -0.15) is 8.61 Å². The van der Waals surface area contributed by atoms with E-state index in [4.69, 9.17) is 4.74 Å². The van der Waals surface area contributed by atoms with Gasteiger partial charge in [0.05, 0.1) is 47.5 Å². The van der Waals surface area contributed by atoms with Gasteiger partial charge in [-0.25, -0.2) is 16.8 Å². The number of aryl methyl sites for hydroxylation is 2. The van der Waals surface area contributed by atoms with Crippen LogP contribution in [0.5, 0.6) is 0 Å². The highest BCUT2D eigenvalue weighted by atomic mass is 32.2. The molecular formula is C25H29N3O5S2. The molecular weight excluding hydrogens is 486 g/mol. The molecule has 2 aromatic carbocycles. The van der Waals surface area contributed by atoms with Gasteiger partial charge >= 0.3 is 0 Å². The minimum atomic E-state index is -3.76. The molecule has 3 aromatic rings. The third kappa shape index (κ3) is 5.96. The Hall–Kier alpha value is -2.63. The molecule has 1 aliphatic heterocycles. The maximum absolute atomic E-state index is 13.3. The molecule has 0 saturated heterocycles. The van der Waals surface area contributed by atoms with E-state index in [0.29, 0.717) is 11.4 Å². The fraction of sp³-hybridized carbons (Fsp3) is 0.320. The molecule has 2 heterocycles. The van der Waals surface area contributed by atoms with Gasteiger partial charge in [0.15, 0.2) is 0 Å². The second-order valence-corrected chi connectivity index (χ2v) is 12.4. The number of hydrogen-bond acceptors (Lipinski definition) is 6. The zero-order valence-corrected chi connectivity index (χ0v) is 21.4. The van der Waals surface area contributed by atoms with Crippen LogP contribution in [0.15, 0.2) is 76.5 Å². The predicted molar refractivity (Wildman–Crippen MR) is 133 cm³/mol. The van der Waals surface area contributed by atoms with E-state index in [1.807, 2.05) is 13.8 Å². The zero-order chi connectivity index (χ0) is 25.1. The van der Waals surface area contributed by atoms with E-state index in [1.165, 1.54) is 8.61 Å². The lowest BCUT2D eigenvalue weighted by molar-refractivity contribution is 0.110. The van der Waals surface area contributed by atoms with Gasteiger partial charge in [-0.1, -0.05) is 41.5 Å². The average Bonchev–Trinajstić information content (AvgIpc) is 2.82. The van der Waals surface area contributed by atoms with Gasteiger partial charge in [-0.05, 0) is 50.2 Å². The van der Waals surface area contributed by atoms with Crippen LogP contribution in [-0.2, 0) is 37.9 Å². The summed E-state index contributed by atoms with van der Waals surface area (Å²) in [6.45, 7) is 4.40. The number of sulfonamides is 2. The molecule has 10 heteroatoms. The van der Waals surface area contributed by atoms with Gasteiger partial charge in [0.1, 0.15) is 0 Å². The molecule has 0 N–H and O–H groups in total. The summed E-state index contributed by atoms with van der Waals surface area (Å²) in [7, 11) is -7.53. The molecule has 0 fully saturated rings. The van der Waals surface area contributed by atoms with E-state index in [9.17, 15) is 16.8 Å². The topological polar surface area (TPSA) is 96.9 Å². The summed E-state index contributed by atoms with van der Waals surface area (Å²) in [4.78, 5) is 5.02. The third-order valence-electron chi connectivity index (χ3n) is 5.83. The lowest BCUT2D eigenvalue weighted by Crippen LogP contribution is -2.37. The summed E-state index contributed by atoms with van der Waals surface area (Å²) in [6.07, 6.45) is 0. The summed E-state index contributed by atoms with van der Waals surface area (Å²) in [5, 5.41) is 0. The van der Waals surface area contributed by atoms with Crippen LogP contribution in [0.25, 0.3) is 0 Å². The molecule has 2 bridgehead atoms. The Morgan fingerprint density at radius 2 is 1.06 bits per heavy atom. The molecule has 35 heavy (non-hydrogen) atoms. The first-order valence-electron chi connectivity index (χ1n) is 11.3. The SMILES string of the molecule is Cc1ccc(S(=O)(=O)N2CCOCCN(S(=O)(=O)c3ccc(C)cc3)Cc3cccc(n3)C2)cc1. The fourth-order valence-corrected chi connectivity index (χ4v) is 6.58. The molecule has 4 rings (SSSR count). The van der Waals surface area contributed by atoms with Crippen molar-refractivity contribution in [2.24, 2.45) is 0 Å². The van der Waals surface area contributed by atoms with Crippen LogP contribution in [0.1, 0.15) is 22.5 Å². The number of fused-ring (bicyclic) bond motifs is 2. The molecule has 1 aromatic heterocycles. The van der Waals surface area contributed by atoms with Gasteiger partial charge in [0, 0.05) is 13.1 Å². The van der Waals surface area contributed by atoms with Crippen molar-refractivity contribution in [2.75, 3.05) is 26.3 Å². The second kappa shape index (κ2) is 10.5. The van der Waals surface area contributed by atoms with Gasteiger partial charge in [0.25, 0.3) is 0 Å². The Kier molecular flexibility index (Phi) is 7.67. The highest BCUT2D eigenvalue weighted by Crippen LogP contribution is 2.21. The molecule has 1 aliphatic rings. The Labute approximate surface area is 207 Å². The molecule has 0 radical (unpaired) electrons. The first kappa shape index (κ1) is 25.5. The van der Waals surface area contributed by atoms with Crippen LogP contribution in [0.4, 0.5) is 0 Å². The maximum Gasteiger partial charge on any atom is 0.243 e. The molecule has 186 valence electrons. The van der Waals surface area contributed by atoms with Crippen molar-refractivity contribution < 1.29 is 21.6 Å². The van der Waals surface area contributed by atoms with Crippen molar-refractivity contribution in [3.63, 3.8) is 0 Å². The fourth-order valence-electron chi connectivity index (χ4n) is 3.79. The summed E-state index contributed by atoms with van der Waals surface area (Å²) in [5.74, 6) is 0.